The molecule has 0 unspecified atom stereocenters. The number of hydrogen-bond donors (Lipinski definition) is 1. The van der Waals surface area contributed by atoms with Crippen molar-refractivity contribution in [3.8, 4) is 0 Å². The topological polar surface area (TPSA) is 110 Å². The second-order valence-corrected chi connectivity index (χ2v) is 7.33. The molecule has 1 heterocycles. The van der Waals surface area contributed by atoms with Crippen LogP contribution in [-0.2, 0) is 4.79 Å². The lowest BCUT2D eigenvalue weighted by molar-refractivity contribution is -0.385. The number of nitrogens with zero attached hydrogens (tertiary/aromatic N) is 2. The van der Waals surface area contributed by atoms with E-state index in [4.69, 9.17) is 0 Å². The Morgan fingerprint density at radius 2 is 1.86 bits per heavy atom. The van der Waals surface area contributed by atoms with Gasteiger partial charge in [0.05, 0.1) is 10.5 Å². The number of fused-ring (bicyclic) bond motifs is 1. The van der Waals surface area contributed by atoms with Gasteiger partial charge in [0, 0.05) is 17.5 Å². The molecule has 0 spiro atoms. The molecule has 150 valence electrons. The molecule has 1 aliphatic heterocycles. The number of amides is 3. The van der Waals surface area contributed by atoms with Crippen molar-refractivity contribution in [3.63, 3.8) is 0 Å². The summed E-state index contributed by atoms with van der Waals surface area (Å²) in [7, 11) is 0. The van der Waals surface area contributed by atoms with E-state index in [9.17, 15) is 28.9 Å². The van der Waals surface area contributed by atoms with Crippen LogP contribution >= 0.6 is 11.8 Å². The van der Waals surface area contributed by atoms with E-state index in [1.807, 2.05) is 0 Å². The Bertz CT molecular complexity index is 980. The van der Waals surface area contributed by atoms with Crippen LogP contribution in [0.1, 0.15) is 27.1 Å². The third kappa shape index (κ3) is 4.60. The first-order chi connectivity index (χ1) is 13.9. The highest BCUT2D eigenvalue weighted by Gasteiger charge is 2.41. The normalized spacial score (nSPS) is 12.8. The number of nitro groups is 1. The molecule has 0 saturated carbocycles. The van der Waals surface area contributed by atoms with Gasteiger partial charge in [-0.3, -0.25) is 29.4 Å². The van der Waals surface area contributed by atoms with Crippen LogP contribution in [-0.4, -0.2) is 46.4 Å². The fourth-order valence-electron chi connectivity index (χ4n) is 2.83. The molecular formula is C19H16FN3O5S. The molecule has 3 rings (SSSR count). The Hall–Kier alpha value is -3.27. The molecule has 2 aromatic rings. The van der Waals surface area contributed by atoms with Crippen molar-refractivity contribution in [2.45, 2.75) is 11.3 Å². The minimum atomic E-state index is -0.848. The predicted octanol–water partition coefficient (Wildman–Crippen LogP) is 2.63. The second-order valence-electron chi connectivity index (χ2n) is 6.16. The van der Waals surface area contributed by atoms with E-state index in [0.717, 1.165) is 11.0 Å². The molecule has 0 fully saturated rings. The van der Waals surface area contributed by atoms with Gasteiger partial charge in [0.25, 0.3) is 17.5 Å². The van der Waals surface area contributed by atoms with Crippen LogP contribution in [0, 0.1) is 15.9 Å². The van der Waals surface area contributed by atoms with Gasteiger partial charge in [-0.25, -0.2) is 4.39 Å². The van der Waals surface area contributed by atoms with Crippen LogP contribution in [0.5, 0.6) is 0 Å². The summed E-state index contributed by atoms with van der Waals surface area (Å²) in [5, 5.41) is 13.7. The average molecular weight is 417 g/mol. The van der Waals surface area contributed by atoms with Crippen LogP contribution in [0.25, 0.3) is 0 Å². The lowest BCUT2D eigenvalue weighted by Crippen LogP contribution is -2.40. The number of thioether (sulfide) groups is 1. The number of nitrogens with one attached hydrogen (secondary N) is 1. The molecule has 2 aromatic carbocycles. The van der Waals surface area contributed by atoms with E-state index >= 15 is 0 Å². The number of benzene rings is 2. The molecule has 29 heavy (non-hydrogen) atoms. The molecular weight excluding hydrogens is 401 g/mol. The van der Waals surface area contributed by atoms with E-state index in [1.54, 1.807) is 12.1 Å². The zero-order valence-corrected chi connectivity index (χ0v) is 15.9. The number of nitro benzene ring substituents is 1. The number of carbonyl (C=O) groups is 3. The number of halogens is 1. The van der Waals surface area contributed by atoms with Crippen LogP contribution in [0.2, 0.25) is 0 Å². The third-order valence-electron chi connectivity index (χ3n) is 4.20. The molecule has 1 aliphatic rings. The fourth-order valence-corrected chi connectivity index (χ4v) is 3.68. The van der Waals surface area contributed by atoms with Crippen LogP contribution < -0.4 is 5.32 Å². The summed E-state index contributed by atoms with van der Waals surface area (Å²) >= 11 is 1.51. The van der Waals surface area contributed by atoms with Gasteiger partial charge in [0.1, 0.15) is 17.9 Å². The van der Waals surface area contributed by atoms with Crippen molar-refractivity contribution in [3.05, 3.63) is 69.5 Å². The predicted molar refractivity (Wildman–Crippen MR) is 103 cm³/mol. The number of hydrogen-bond acceptors (Lipinski definition) is 6. The number of carbonyl (C=O) groups excluding carboxylic acids is 3. The molecule has 0 atom stereocenters. The zero-order chi connectivity index (χ0) is 21.0. The highest BCUT2D eigenvalue weighted by Crippen LogP contribution is 2.30. The first-order valence-corrected chi connectivity index (χ1v) is 9.65. The standard InChI is InChI=1S/C19H16FN3O5S/c20-12-5-7-13(8-6-12)29-10-2-9-21-16(24)11-22-18(25)14-3-1-4-15(23(27)28)17(14)19(22)26/h1,3-8H,2,9-11H2,(H,21,24). The van der Waals surface area contributed by atoms with Gasteiger partial charge in [0.15, 0.2) is 0 Å². The third-order valence-corrected chi connectivity index (χ3v) is 5.30. The lowest BCUT2D eigenvalue weighted by atomic mass is 10.1. The molecule has 0 radical (unpaired) electrons. The Balaban J connectivity index is 1.49. The largest absolute Gasteiger partial charge is 0.355 e. The van der Waals surface area contributed by atoms with E-state index in [0.29, 0.717) is 23.6 Å². The van der Waals surface area contributed by atoms with Crippen LogP contribution in [0.3, 0.4) is 0 Å². The van der Waals surface area contributed by atoms with Crippen molar-refractivity contribution >= 4 is 35.2 Å². The lowest BCUT2D eigenvalue weighted by Gasteiger charge is -2.13. The van der Waals surface area contributed by atoms with Crippen LogP contribution in [0.4, 0.5) is 10.1 Å². The number of rotatable bonds is 8. The first kappa shape index (κ1) is 20.5. The monoisotopic (exact) mass is 417 g/mol. The number of imide groups is 1. The summed E-state index contributed by atoms with van der Waals surface area (Å²) in [4.78, 5) is 48.8. The average Bonchev–Trinajstić information content (AvgIpc) is 2.94. The maximum absolute atomic E-state index is 12.8. The summed E-state index contributed by atoms with van der Waals surface area (Å²) in [6, 6.07) is 9.87. The summed E-state index contributed by atoms with van der Waals surface area (Å²) < 4.78 is 12.8. The molecule has 3 amide bonds. The van der Waals surface area contributed by atoms with Crippen molar-refractivity contribution in [1.82, 2.24) is 10.2 Å². The maximum atomic E-state index is 12.8. The van der Waals surface area contributed by atoms with Gasteiger partial charge in [-0.05, 0) is 42.5 Å². The first-order valence-electron chi connectivity index (χ1n) is 8.67. The summed E-state index contributed by atoms with van der Waals surface area (Å²) in [6.07, 6.45) is 0.626. The Kier molecular flexibility index (Phi) is 6.23. The van der Waals surface area contributed by atoms with E-state index in [-0.39, 0.29) is 16.9 Å². The second kappa shape index (κ2) is 8.82. The van der Waals surface area contributed by atoms with Gasteiger partial charge in [-0.15, -0.1) is 11.8 Å². The van der Waals surface area contributed by atoms with Crippen LogP contribution in [0.15, 0.2) is 47.4 Å². The van der Waals surface area contributed by atoms with E-state index < -0.39 is 34.9 Å². The fraction of sp³-hybridized carbons (Fsp3) is 0.211. The highest BCUT2D eigenvalue weighted by molar-refractivity contribution is 7.99. The minimum absolute atomic E-state index is 0.0762. The van der Waals surface area contributed by atoms with Gasteiger partial charge in [0.2, 0.25) is 5.91 Å². The molecule has 1 N–H and O–H groups in total. The van der Waals surface area contributed by atoms with Crippen molar-refractivity contribution in [1.29, 1.82) is 0 Å². The zero-order valence-electron chi connectivity index (χ0n) is 15.1. The molecule has 0 saturated heterocycles. The molecule has 0 aromatic heterocycles. The van der Waals surface area contributed by atoms with E-state index in [2.05, 4.69) is 5.32 Å². The maximum Gasteiger partial charge on any atom is 0.282 e. The Morgan fingerprint density at radius 1 is 1.14 bits per heavy atom. The summed E-state index contributed by atoms with van der Waals surface area (Å²) in [5.41, 5.74) is -0.819. The molecule has 0 aliphatic carbocycles. The SMILES string of the molecule is O=C(CN1C(=O)c2cccc([N+](=O)[O-])c2C1=O)NCCCSc1ccc(F)cc1. The van der Waals surface area contributed by atoms with Gasteiger partial charge in [-0.1, -0.05) is 6.07 Å². The molecule has 8 nitrogen and oxygen atoms in total. The Labute approximate surface area is 169 Å². The van der Waals surface area contributed by atoms with Crippen molar-refractivity contribution in [2.24, 2.45) is 0 Å². The molecule has 0 bridgehead atoms. The minimum Gasteiger partial charge on any atom is -0.355 e. The van der Waals surface area contributed by atoms with E-state index in [1.165, 1.54) is 36.0 Å². The van der Waals surface area contributed by atoms with Crippen molar-refractivity contribution in [2.75, 3.05) is 18.8 Å². The van der Waals surface area contributed by atoms with Gasteiger partial charge in [-0.2, -0.15) is 0 Å². The smallest absolute Gasteiger partial charge is 0.282 e. The van der Waals surface area contributed by atoms with Gasteiger partial charge < -0.3 is 5.32 Å². The quantitative estimate of drug-likeness (QED) is 0.232. The Morgan fingerprint density at radius 3 is 2.55 bits per heavy atom. The summed E-state index contributed by atoms with van der Waals surface area (Å²) in [6.45, 7) is -0.176. The van der Waals surface area contributed by atoms with Gasteiger partial charge >= 0.3 is 0 Å². The van der Waals surface area contributed by atoms with Crippen molar-refractivity contribution < 1.29 is 23.7 Å². The summed E-state index contributed by atoms with van der Waals surface area (Å²) in [5.74, 6) is -1.73. The highest BCUT2D eigenvalue weighted by atomic mass is 32.2. The molecule has 10 heteroatoms.